The van der Waals surface area contributed by atoms with Gasteiger partial charge < -0.3 is 5.32 Å². The molecule has 1 atom stereocenters. The molecule has 0 aliphatic rings. The van der Waals surface area contributed by atoms with Crippen LogP contribution < -0.4 is 5.32 Å². The van der Waals surface area contributed by atoms with Crippen molar-refractivity contribution in [3.63, 3.8) is 0 Å². The van der Waals surface area contributed by atoms with Gasteiger partial charge in [-0.1, -0.05) is 24.6 Å². The lowest BCUT2D eigenvalue weighted by atomic mass is 10.4. The number of nitriles is 1. The molecule has 0 fully saturated rings. The van der Waals surface area contributed by atoms with Crippen LogP contribution in [-0.2, 0) is 0 Å². The van der Waals surface area contributed by atoms with Gasteiger partial charge in [0, 0.05) is 15.7 Å². The molecule has 0 radical (unpaired) electrons. The second-order valence-electron chi connectivity index (χ2n) is 3.01. The van der Waals surface area contributed by atoms with Crippen LogP contribution in [0.2, 0.25) is 5.02 Å². The first kappa shape index (κ1) is 12.4. The molecule has 1 N–H and O–H groups in total. The number of hydrogen-bond acceptors (Lipinski definition) is 3. The molecule has 2 nitrogen and oxygen atoms in total. The van der Waals surface area contributed by atoms with E-state index in [9.17, 15) is 0 Å². The summed E-state index contributed by atoms with van der Waals surface area (Å²) >= 11 is 7.50. The lowest BCUT2D eigenvalue weighted by Crippen LogP contribution is -2.29. The van der Waals surface area contributed by atoms with E-state index in [0.29, 0.717) is 0 Å². The molecule has 1 aromatic carbocycles. The zero-order valence-corrected chi connectivity index (χ0v) is 10.1. The molecule has 15 heavy (non-hydrogen) atoms. The van der Waals surface area contributed by atoms with Gasteiger partial charge in [-0.15, -0.1) is 11.8 Å². The number of thioether (sulfide) groups is 1. The summed E-state index contributed by atoms with van der Waals surface area (Å²) in [5.41, 5.74) is 0. The Balaban J connectivity index is 2.46. The number of halogens is 1. The standard InChI is InChI=1S/C11H13ClN2S/c1-2-14-10(7-13)8-15-11-5-3-4-9(12)6-11/h3-6,10,14H,2,8H2,1H3. The van der Waals surface area contributed by atoms with E-state index in [2.05, 4.69) is 11.4 Å². The van der Waals surface area contributed by atoms with E-state index in [1.54, 1.807) is 11.8 Å². The van der Waals surface area contributed by atoms with Crippen molar-refractivity contribution in [2.75, 3.05) is 12.3 Å². The summed E-state index contributed by atoms with van der Waals surface area (Å²) in [5, 5.41) is 12.7. The number of rotatable bonds is 5. The molecular weight excluding hydrogens is 228 g/mol. The van der Waals surface area contributed by atoms with Crippen LogP contribution in [0.25, 0.3) is 0 Å². The molecule has 0 bridgehead atoms. The summed E-state index contributed by atoms with van der Waals surface area (Å²) < 4.78 is 0. The largest absolute Gasteiger partial charge is 0.302 e. The summed E-state index contributed by atoms with van der Waals surface area (Å²) in [7, 11) is 0. The quantitative estimate of drug-likeness (QED) is 0.804. The first-order valence-corrected chi connectivity index (χ1v) is 6.14. The molecule has 0 saturated carbocycles. The van der Waals surface area contributed by atoms with E-state index >= 15 is 0 Å². The van der Waals surface area contributed by atoms with Gasteiger partial charge in [0.25, 0.3) is 0 Å². The summed E-state index contributed by atoms with van der Waals surface area (Å²) in [6.07, 6.45) is 0. The van der Waals surface area contributed by atoms with Crippen LogP contribution in [0, 0.1) is 11.3 Å². The van der Waals surface area contributed by atoms with Crippen LogP contribution in [-0.4, -0.2) is 18.3 Å². The third-order valence-corrected chi connectivity index (χ3v) is 3.14. The third kappa shape index (κ3) is 4.57. The first-order chi connectivity index (χ1) is 7.26. The second kappa shape index (κ2) is 6.73. The van der Waals surface area contributed by atoms with Crippen LogP contribution in [0.5, 0.6) is 0 Å². The van der Waals surface area contributed by atoms with E-state index in [-0.39, 0.29) is 6.04 Å². The number of nitrogens with one attached hydrogen (secondary N) is 1. The van der Waals surface area contributed by atoms with Gasteiger partial charge in [0.05, 0.1) is 6.07 Å². The Labute approximate surface area is 99.6 Å². The van der Waals surface area contributed by atoms with Gasteiger partial charge >= 0.3 is 0 Å². The van der Waals surface area contributed by atoms with E-state index in [1.807, 2.05) is 31.2 Å². The number of benzene rings is 1. The third-order valence-electron chi connectivity index (χ3n) is 1.82. The van der Waals surface area contributed by atoms with Crippen LogP contribution in [0.1, 0.15) is 6.92 Å². The summed E-state index contributed by atoms with van der Waals surface area (Å²) in [6.45, 7) is 2.81. The number of nitrogens with zero attached hydrogens (tertiary/aromatic N) is 1. The van der Waals surface area contributed by atoms with Crippen LogP contribution in [0.3, 0.4) is 0 Å². The van der Waals surface area contributed by atoms with E-state index in [1.165, 1.54) is 0 Å². The monoisotopic (exact) mass is 240 g/mol. The maximum Gasteiger partial charge on any atom is 0.105 e. The second-order valence-corrected chi connectivity index (χ2v) is 4.54. The van der Waals surface area contributed by atoms with Crippen molar-refractivity contribution in [2.24, 2.45) is 0 Å². The van der Waals surface area contributed by atoms with Crippen molar-refractivity contribution in [3.8, 4) is 6.07 Å². The molecule has 1 aromatic rings. The molecule has 0 aliphatic heterocycles. The topological polar surface area (TPSA) is 35.8 Å². The minimum atomic E-state index is -0.0982. The van der Waals surface area contributed by atoms with Crippen LogP contribution in [0.15, 0.2) is 29.2 Å². The first-order valence-electron chi connectivity index (χ1n) is 4.77. The summed E-state index contributed by atoms with van der Waals surface area (Å²) in [5.74, 6) is 0.741. The SMILES string of the molecule is CCNC(C#N)CSc1cccc(Cl)c1. The zero-order valence-electron chi connectivity index (χ0n) is 8.53. The normalized spacial score (nSPS) is 12.1. The average molecular weight is 241 g/mol. The van der Waals surface area contributed by atoms with Crippen molar-refractivity contribution < 1.29 is 0 Å². The molecule has 0 amide bonds. The molecule has 0 aromatic heterocycles. The van der Waals surface area contributed by atoms with Crippen molar-refractivity contribution in [2.45, 2.75) is 17.9 Å². The molecule has 80 valence electrons. The average Bonchev–Trinajstić information content (AvgIpc) is 2.24. The minimum Gasteiger partial charge on any atom is -0.302 e. The molecular formula is C11H13ClN2S. The van der Waals surface area contributed by atoms with Gasteiger partial charge in [0.1, 0.15) is 6.04 Å². The predicted molar refractivity (Wildman–Crippen MR) is 65.3 cm³/mol. The van der Waals surface area contributed by atoms with Gasteiger partial charge in [0.15, 0.2) is 0 Å². The lowest BCUT2D eigenvalue weighted by molar-refractivity contribution is 0.677. The van der Waals surface area contributed by atoms with Gasteiger partial charge in [-0.2, -0.15) is 5.26 Å². The van der Waals surface area contributed by atoms with E-state index in [0.717, 1.165) is 22.2 Å². The molecule has 0 saturated heterocycles. The van der Waals surface area contributed by atoms with Crippen molar-refractivity contribution >= 4 is 23.4 Å². The molecule has 0 aliphatic carbocycles. The van der Waals surface area contributed by atoms with Gasteiger partial charge in [-0.05, 0) is 24.7 Å². The van der Waals surface area contributed by atoms with Gasteiger partial charge in [-0.3, -0.25) is 0 Å². The highest BCUT2D eigenvalue weighted by Crippen LogP contribution is 2.21. The van der Waals surface area contributed by atoms with Crippen molar-refractivity contribution in [1.82, 2.24) is 5.32 Å². The smallest absolute Gasteiger partial charge is 0.105 e. The van der Waals surface area contributed by atoms with E-state index < -0.39 is 0 Å². The molecule has 4 heteroatoms. The Hall–Kier alpha value is -0.690. The zero-order chi connectivity index (χ0) is 11.1. The number of hydrogen-bond donors (Lipinski definition) is 1. The Bertz CT molecular complexity index is 349. The van der Waals surface area contributed by atoms with Gasteiger partial charge in [0.2, 0.25) is 0 Å². The van der Waals surface area contributed by atoms with E-state index in [4.69, 9.17) is 16.9 Å². The fourth-order valence-electron chi connectivity index (χ4n) is 1.12. The maximum absolute atomic E-state index is 8.84. The summed E-state index contributed by atoms with van der Waals surface area (Å²) in [4.78, 5) is 1.10. The Morgan fingerprint density at radius 2 is 2.40 bits per heavy atom. The Morgan fingerprint density at radius 3 is 3.00 bits per heavy atom. The highest BCUT2D eigenvalue weighted by molar-refractivity contribution is 7.99. The summed E-state index contributed by atoms with van der Waals surface area (Å²) in [6, 6.07) is 9.79. The van der Waals surface area contributed by atoms with Crippen molar-refractivity contribution in [3.05, 3.63) is 29.3 Å². The van der Waals surface area contributed by atoms with Crippen LogP contribution >= 0.6 is 23.4 Å². The molecule has 1 unspecified atom stereocenters. The Morgan fingerprint density at radius 1 is 1.60 bits per heavy atom. The predicted octanol–water partition coefficient (Wildman–Crippen LogP) is 2.93. The van der Waals surface area contributed by atoms with Gasteiger partial charge in [-0.25, -0.2) is 0 Å². The highest BCUT2D eigenvalue weighted by Gasteiger charge is 2.05. The highest BCUT2D eigenvalue weighted by atomic mass is 35.5. The molecule has 0 spiro atoms. The fraction of sp³-hybridized carbons (Fsp3) is 0.364. The maximum atomic E-state index is 8.84. The lowest BCUT2D eigenvalue weighted by Gasteiger charge is -2.08. The van der Waals surface area contributed by atoms with Crippen molar-refractivity contribution in [1.29, 1.82) is 5.26 Å². The fourth-order valence-corrected chi connectivity index (χ4v) is 2.32. The van der Waals surface area contributed by atoms with Crippen LogP contribution in [0.4, 0.5) is 0 Å². The minimum absolute atomic E-state index is 0.0982. The Kier molecular flexibility index (Phi) is 5.56. The molecule has 1 rings (SSSR count). The molecule has 0 heterocycles.